The summed E-state index contributed by atoms with van der Waals surface area (Å²) in [6, 6.07) is 6.27. The van der Waals surface area contributed by atoms with Gasteiger partial charge in [0.05, 0.1) is 49.3 Å². The predicted molar refractivity (Wildman–Crippen MR) is 220 cm³/mol. The quantitative estimate of drug-likeness (QED) is 0.0583. The molecule has 2 aliphatic heterocycles. The van der Waals surface area contributed by atoms with E-state index in [2.05, 4.69) is 41.7 Å². The van der Waals surface area contributed by atoms with Crippen LogP contribution in [0.5, 0.6) is 0 Å². The number of halogens is 3. The highest BCUT2D eigenvalue weighted by Crippen LogP contribution is 2.34. The Balaban J connectivity index is 0.785. The van der Waals surface area contributed by atoms with Crippen molar-refractivity contribution in [3.05, 3.63) is 71.5 Å². The molecular weight excluding hydrogens is 864 g/mol. The van der Waals surface area contributed by atoms with Crippen LogP contribution in [0, 0.1) is 5.92 Å². The molecule has 0 radical (unpaired) electrons. The summed E-state index contributed by atoms with van der Waals surface area (Å²) < 4.78 is 56.0. The van der Waals surface area contributed by atoms with Gasteiger partial charge in [0.15, 0.2) is 11.4 Å². The van der Waals surface area contributed by atoms with Crippen molar-refractivity contribution < 1.29 is 60.6 Å². The number of nitrogens with two attached hydrogens (primary N) is 1. The highest BCUT2D eigenvalue weighted by Gasteiger charge is 2.45. The van der Waals surface area contributed by atoms with Crippen LogP contribution in [0.15, 0.2) is 53.4 Å². The molecule has 344 valence electrons. The lowest BCUT2D eigenvalue weighted by molar-refractivity contribution is -0.136. The van der Waals surface area contributed by atoms with E-state index in [0.29, 0.717) is 37.9 Å². The van der Waals surface area contributed by atoms with Crippen LogP contribution in [0.3, 0.4) is 0 Å². The van der Waals surface area contributed by atoms with Gasteiger partial charge in [-0.15, -0.1) is 0 Å². The number of ether oxygens (including phenoxy) is 2. The summed E-state index contributed by atoms with van der Waals surface area (Å²) in [4.78, 5) is 97.3. The zero-order chi connectivity index (χ0) is 46.3. The number of nitrogens with zero attached hydrogens (tertiary/aromatic N) is 5. The van der Waals surface area contributed by atoms with Crippen molar-refractivity contribution in [2.45, 2.75) is 56.8 Å². The molecule has 0 bridgehead atoms. The van der Waals surface area contributed by atoms with Gasteiger partial charge in [-0.1, -0.05) is 6.07 Å². The molecule has 1 aliphatic carbocycles. The molecule has 1 unspecified atom stereocenters. The normalized spacial score (nSPS) is 18.6. The molecule has 24 heteroatoms. The van der Waals surface area contributed by atoms with Gasteiger partial charge in [0.25, 0.3) is 23.6 Å². The second-order valence-electron chi connectivity index (χ2n) is 15.2. The zero-order valence-corrected chi connectivity index (χ0v) is 34.6. The van der Waals surface area contributed by atoms with Crippen LogP contribution in [0.25, 0.3) is 11.5 Å². The van der Waals surface area contributed by atoms with Crippen LogP contribution >= 0.6 is 0 Å². The fourth-order valence-electron chi connectivity index (χ4n) is 7.64. The van der Waals surface area contributed by atoms with Crippen LogP contribution in [0.4, 0.5) is 30.4 Å². The van der Waals surface area contributed by atoms with Gasteiger partial charge < -0.3 is 40.9 Å². The summed E-state index contributed by atoms with van der Waals surface area (Å²) in [5.41, 5.74) is 6.23. The van der Waals surface area contributed by atoms with Crippen LogP contribution in [0.1, 0.15) is 86.3 Å². The third kappa shape index (κ3) is 11.1. The maximum absolute atomic E-state index is 13.2. The van der Waals surface area contributed by atoms with E-state index < -0.39 is 54.2 Å². The van der Waals surface area contributed by atoms with E-state index in [9.17, 15) is 46.7 Å². The average Bonchev–Trinajstić information content (AvgIpc) is 4.01. The molecule has 3 aliphatic rings. The number of alkyl halides is 3. The number of rotatable bonds is 19. The van der Waals surface area contributed by atoms with Gasteiger partial charge in [0, 0.05) is 49.1 Å². The Morgan fingerprint density at radius 3 is 2.40 bits per heavy atom. The average molecular weight is 908 g/mol. The molecule has 4 aromatic rings. The molecule has 3 aromatic heterocycles. The Morgan fingerprint density at radius 1 is 0.923 bits per heavy atom. The SMILES string of the molecule is NC(=O)c1nn(C2CCC(C(=O)NCCOCCOCCNc3cccc4c3C(=O)N(C3CCC(=O)NC3=O)C4=O)CC2)cc1NC(=O)c1coc(-c2ccnc(NCC(F)(F)F)c2)n1. The molecule has 7 N–H and O–H groups in total. The van der Waals surface area contributed by atoms with Crippen LogP contribution in [-0.2, 0) is 23.9 Å². The fourth-order valence-corrected chi connectivity index (χ4v) is 7.64. The number of piperidine rings is 1. The number of primary amides is 1. The minimum absolute atomic E-state index is 0.0270. The third-order valence-electron chi connectivity index (χ3n) is 10.8. The molecule has 1 saturated carbocycles. The van der Waals surface area contributed by atoms with Crippen molar-refractivity contribution in [1.29, 1.82) is 0 Å². The number of fused-ring (bicyclic) bond motifs is 1. The molecule has 1 saturated heterocycles. The lowest BCUT2D eigenvalue weighted by Crippen LogP contribution is -2.54. The predicted octanol–water partition coefficient (Wildman–Crippen LogP) is 2.65. The van der Waals surface area contributed by atoms with Crippen molar-refractivity contribution in [3.63, 3.8) is 0 Å². The van der Waals surface area contributed by atoms with Crippen LogP contribution in [-0.4, -0.2) is 124 Å². The summed E-state index contributed by atoms with van der Waals surface area (Å²) >= 11 is 0. The minimum atomic E-state index is -4.46. The topological polar surface area (TPSA) is 284 Å². The first-order valence-corrected chi connectivity index (χ1v) is 20.6. The lowest BCUT2D eigenvalue weighted by atomic mass is 9.85. The zero-order valence-electron chi connectivity index (χ0n) is 34.6. The summed E-state index contributed by atoms with van der Waals surface area (Å²) in [5.74, 6) is -4.50. The first kappa shape index (κ1) is 45.8. The van der Waals surface area contributed by atoms with Gasteiger partial charge in [-0.25, -0.2) is 9.97 Å². The van der Waals surface area contributed by atoms with Crippen molar-refractivity contribution in [2.75, 3.05) is 62.0 Å². The third-order valence-corrected chi connectivity index (χ3v) is 10.8. The van der Waals surface area contributed by atoms with E-state index in [-0.39, 0.29) is 109 Å². The van der Waals surface area contributed by atoms with Crippen molar-refractivity contribution >= 4 is 58.5 Å². The molecule has 0 spiro atoms. The summed E-state index contributed by atoms with van der Waals surface area (Å²) in [7, 11) is 0. The summed E-state index contributed by atoms with van der Waals surface area (Å²) in [5, 5.41) is 17.2. The van der Waals surface area contributed by atoms with E-state index in [1.807, 2.05) is 0 Å². The van der Waals surface area contributed by atoms with Crippen molar-refractivity contribution in [1.82, 2.24) is 35.3 Å². The molecule has 65 heavy (non-hydrogen) atoms. The second kappa shape index (κ2) is 20.1. The number of anilines is 3. The first-order valence-electron chi connectivity index (χ1n) is 20.6. The molecule has 7 rings (SSSR count). The highest BCUT2D eigenvalue weighted by molar-refractivity contribution is 6.25. The fraction of sp³-hybridized carbons (Fsp3) is 0.415. The number of hydrogen-bond donors (Lipinski definition) is 6. The lowest BCUT2D eigenvalue weighted by Gasteiger charge is -2.28. The number of amides is 7. The molecule has 7 amide bonds. The number of carbonyl (C=O) groups excluding carboxylic acids is 7. The van der Waals surface area contributed by atoms with Gasteiger partial charge in [-0.2, -0.15) is 18.3 Å². The Hall–Kier alpha value is -7.21. The number of pyridine rings is 1. The number of hydrogen-bond acceptors (Lipinski definition) is 15. The van der Waals surface area contributed by atoms with E-state index in [1.54, 1.807) is 12.1 Å². The standard InChI is InChI=1S/C41H44F3N11O10/c42-41(43,44)21-49-30-18-23(10-11-47-30)38-51-28(20-65-38)36(59)50-27-19-54(53-33(27)34(45)57)24-6-4-22(5-7-24)35(58)48-13-15-64-17-16-63-14-12-46-26-3-1-2-25-32(26)40(62)55(39(25)61)29-8-9-31(56)52-37(29)60/h1-3,10-11,18-20,22,24,29,46H,4-9,12-17,21H2,(H2,45,57)(H,47,49)(H,48,58)(H,50,59)(H,52,56,60). The van der Waals surface area contributed by atoms with E-state index in [4.69, 9.17) is 19.6 Å². The monoisotopic (exact) mass is 907 g/mol. The number of carbonyl (C=O) groups is 7. The van der Waals surface area contributed by atoms with Gasteiger partial charge in [-0.05, 0) is 56.4 Å². The number of imide groups is 2. The Labute approximate surface area is 367 Å². The molecular formula is C41H44F3N11O10. The minimum Gasteiger partial charge on any atom is -0.444 e. The summed E-state index contributed by atoms with van der Waals surface area (Å²) in [6.45, 7) is 0.309. The Kier molecular flexibility index (Phi) is 14.2. The molecule has 1 aromatic carbocycles. The van der Waals surface area contributed by atoms with E-state index in [1.165, 1.54) is 35.3 Å². The largest absolute Gasteiger partial charge is 0.444 e. The smallest absolute Gasteiger partial charge is 0.405 e. The Bertz CT molecular complexity index is 2470. The van der Waals surface area contributed by atoms with E-state index >= 15 is 0 Å². The number of nitrogens with one attached hydrogen (secondary N) is 5. The van der Waals surface area contributed by atoms with Gasteiger partial charge >= 0.3 is 6.18 Å². The second-order valence-corrected chi connectivity index (χ2v) is 15.2. The highest BCUT2D eigenvalue weighted by atomic mass is 19.4. The number of benzene rings is 1. The van der Waals surface area contributed by atoms with Gasteiger partial charge in [-0.3, -0.25) is 48.5 Å². The van der Waals surface area contributed by atoms with Gasteiger partial charge in [0.1, 0.15) is 24.7 Å². The van der Waals surface area contributed by atoms with Crippen LogP contribution in [0.2, 0.25) is 0 Å². The van der Waals surface area contributed by atoms with Crippen molar-refractivity contribution in [3.8, 4) is 11.5 Å². The van der Waals surface area contributed by atoms with Crippen molar-refractivity contribution in [2.24, 2.45) is 11.7 Å². The maximum atomic E-state index is 13.2. The molecule has 1 atom stereocenters. The van der Waals surface area contributed by atoms with Gasteiger partial charge in [0.2, 0.25) is 23.6 Å². The summed E-state index contributed by atoms with van der Waals surface area (Å²) in [6.07, 6.45) is 1.58. The Morgan fingerprint density at radius 2 is 1.68 bits per heavy atom. The first-order chi connectivity index (χ1) is 31.2. The maximum Gasteiger partial charge on any atom is 0.405 e. The molecule has 21 nitrogen and oxygen atoms in total. The molecule has 2 fully saturated rings. The number of oxazole rings is 1. The van der Waals surface area contributed by atoms with Crippen LogP contribution < -0.4 is 32.3 Å². The van der Waals surface area contributed by atoms with E-state index in [0.717, 1.165) is 11.2 Å². The molecule has 5 heterocycles. The number of aromatic nitrogens is 4.